The minimum atomic E-state index is 0.186. The quantitative estimate of drug-likeness (QED) is 0.580. The van der Waals surface area contributed by atoms with Crippen molar-refractivity contribution in [1.29, 1.82) is 0 Å². The van der Waals surface area contributed by atoms with Crippen LogP contribution >= 0.6 is 34.2 Å². The molecular formula is C13H20ClIN2. The third-order valence-electron chi connectivity index (χ3n) is 2.22. The summed E-state index contributed by atoms with van der Waals surface area (Å²) in [7, 11) is 0. The summed E-state index contributed by atoms with van der Waals surface area (Å²) in [6.07, 6.45) is 1.81. The molecule has 1 aromatic rings. The zero-order chi connectivity index (χ0) is 13.2. The summed E-state index contributed by atoms with van der Waals surface area (Å²) in [4.78, 5) is 9.03. The monoisotopic (exact) mass is 366 g/mol. The Labute approximate surface area is 123 Å². The fourth-order valence-corrected chi connectivity index (χ4v) is 2.25. The molecule has 0 bridgehead atoms. The highest BCUT2D eigenvalue weighted by molar-refractivity contribution is 14.1. The molecule has 0 spiro atoms. The van der Waals surface area contributed by atoms with Crippen molar-refractivity contribution in [3.8, 4) is 0 Å². The second-order valence-corrected chi connectivity index (χ2v) is 7.46. The van der Waals surface area contributed by atoms with Gasteiger partial charge in [0.05, 0.1) is 9.26 Å². The normalized spacial score (nSPS) is 12.2. The lowest BCUT2D eigenvalue weighted by Gasteiger charge is -2.18. The van der Waals surface area contributed by atoms with Gasteiger partial charge in [-0.05, 0) is 40.3 Å². The Morgan fingerprint density at radius 2 is 1.82 bits per heavy atom. The average molecular weight is 367 g/mol. The van der Waals surface area contributed by atoms with Crippen molar-refractivity contribution < 1.29 is 0 Å². The molecule has 1 aromatic heterocycles. The molecule has 0 aliphatic carbocycles. The number of rotatable bonds is 3. The molecule has 0 saturated heterocycles. The molecule has 17 heavy (non-hydrogen) atoms. The van der Waals surface area contributed by atoms with Crippen molar-refractivity contribution in [1.82, 2.24) is 9.97 Å². The number of nitrogens with zero attached hydrogens (tertiary/aromatic N) is 2. The van der Waals surface area contributed by atoms with Crippen LogP contribution in [0.3, 0.4) is 0 Å². The standard InChI is InChI=1S/C13H20ClIN2/c1-8(2)6-9-11(15)12(14)17-10(16-9)7-13(3,4)5/h8H,6-7H2,1-5H3. The highest BCUT2D eigenvalue weighted by Crippen LogP contribution is 2.24. The maximum atomic E-state index is 6.17. The topological polar surface area (TPSA) is 25.8 Å². The maximum absolute atomic E-state index is 6.17. The molecule has 4 heteroatoms. The largest absolute Gasteiger partial charge is 0.237 e. The van der Waals surface area contributed by atoms with Crippen LogP contribution < -0.4 is 0 Å². The number of halogens is 2. The zero-order valence-electron chi connectivity index (χ0n) is 11.1. The third-order valence-corrected chi connectivity index (χ3v) is 3.94. The van der Waals surface area contributed by atoms with Gasteiger partial charge in [-0.25, -0.2) is 9.97 Å². The first-order valence-corrected chi connectivity index (χ1v) is 7.35. The summed E-state index contributed by atoms with van der Waals surface area (Å²) in [6, 6.07) is 0. The predicted molar refractivity (Wildman–Crippen MR) is 81.5 cm³/mol. The molecule has 0 amide bonds. The lowest BCUT2D eigenvalue weighted by atomic mass is 9.92. The first-order chi connectivity index (χ1) is 7.69. The third kappa shape index (κ3) is 5.08. The van der Waals surface area contributed by atoms with Crippen LogP contribution in [0, 0.1) is 14.9 Å². The lowest BCUT2D eigenvalue weighted by molar-refractivity contribution is 0.399. The van der Waals surface area contributed by atoms with E-state index >= 15 is 0 Å². The van der Waals surface area contributed by atoms with Crippen LogP contribution in [0.2, 0.25) is 5.15 Å². The van der Waals surface area contributed by atoms with Crippen LogP contribution in [0.15, 0.2) is 0 Å². The second kappa shape index (κ2) is 5.83. The highest BCUT2D eigenvalue weighted by atomic mass is 127. The molecule has 2 nitrogen and oxygen atoms in total. The molecule has 1 rings (SSSR count). The summed E-state index contributed by atoms with van der Waals surface area (Å²) in [5.41, 5.74) is 1.27. The Morgan fingerprint density at radius 1 is 1.24 bits per heavy atom. The molecule has 96 valence electrons. The lowest BCUT2D eigenvalue weighted by Crippen LogP contribution is -2.14. The van der Waals surface area contributed by atoms with Gasteiger partial charge in [-0.15, -0.1) is 0 Å². The van der Waals surface area contributed by atoms with Gasteiger partial charge in [-0.1, -0.05) is 46.2 Å². The van der Waals surface area contributed by atoms with Crippen molar-refractivity contribution in [2.24, 2.45) is 11.3 Å². The molecule has 0 fully saturated rings. The van der Waals surface area contributed by atoms with Gasteiger partial charge in [0.25, 0.3) is 0 Å². The Hall–Kier alpha value is 0.100. The summed E-state index contributed by atoms with van der Waals surface area (Å²) in [6.45, 7) is 10.9. The van der Waals surface area contributed by atoms with E-state index in [9.17, 15) is 0 Å². The van der Waals surface area contributed by atoms with Crippen LogP contribution in [-0.2, 0) is 12.8 Å². The molecular weight excluding hydrogens is 347 g/mol. The van der Waals surface area contributed by atoms with Gasteiger partial charge in [-0.2, -0.15) is 0 Å². The molecule has 0 aliphatic rings. The van der Waals surface area contributed by atoms with E-state index in [2.05, 4.69) is 67.2 Å². The van der Waals surface area contributed by atoms with Gasteiger partial charge in [0.15, 0.2) is 0 Å². The molecule has 0 saturated carbocycles. The first-order valence-electron chi connectivity index (χ1n) is 5.90. The van der Waals surface area contributed by atoms with Gasteiger partial charge >= 0.3 is 0 Å². The van der Waals surface area contributed by atoms with Gasteiger partial charge in [0, 0.05) is 6.42 Å². The van der Waals surface area contributed by atoms with E-state index in [1.54, 1.807) is 0 Å². The number of hydrogen-bond donors (Lipinski definition) is 0. The minimum Gasteiger partial charge on any atom is -0.237 e. The van der Waals surface area contributed by atoms with E-state index in [1.165, 1.54) is 0 Å². The van der Waals surface area contributed by atoms with E-state index < -0.39 is 0 Å². The second-order valence-electron chi connectivity index (χ2n) is 6.03. The van der Waals surface area contributed by atoms with E-state index in [0.29, 0.717) is 11.1 Å². The van der Waals surface area contributed by atoms with Crippen molar-refractivity contribution in [3.63, 3.8) is 0 Å². The Balaban J connectivity index is 3.06. The summed E-state index contributed by atoms with van der Waals surface area (Å²) >= 11 is 8.41. The first kappa shape index (κ1) is 15.2. The molecule has 0 unspecified atom stereocenters. The van der Waals surface area contributed by atoms with E-state index in [1.807, 2.05) is 0 Å². The summed E-state index contributed by atoms with van der Waals surface area (Å²) < 4.78 is 0.996. The molecule has 0 aromatic carbocycles. The smallest absolute Gasteiger partial charge is 0.146 e. The Kier molecular flexibility index (Phi) is 5.20. The van der Waals surface area contributed by atoms with Crippen LogP contribution in [-0.4, -0.2) is 9.97 Å². The van der Waals surface area contributed by atoms with Gasteiger partial charge in [0.2, 0.25) is 0 Å². The average Bonchev–Trinajstić information content (AvgIpc) is 2.09. The van der Waals surface area contributed by atoms with Gasteiger partial charge < -0.3 is 0 Å². The fraction of sp³-hybridized carbons (Fsp3) is 0.692. The van der Waals surface area contributed by atoms with E-state index in [4.69, 9.17) is 11.6 Å². The summed E-state index contributed by atoms with van der Waals surface area (Å²) in [5.74, 6) is 1.44. The number of hydrogen-bond acceptors (Lipinski definition) is 2. The Morgan fingerprint density at radius 3 is 2.29 bits per heavy atom. The molecule has 0 aliphatic heterocycles. The number of aromatic nitrogens is 2. The SMILES string of the molecule is CC(C)Cc1nc(CC(C)(C)C)nc(Cl)c1I. The van der Waals surface area contributed by atoms with Crippen LogP contribution in [0.5, 0.6) is 0 Å². The van der Waals surface area contributed by atoms with Crippen LogP contribution in [0.25, 0.3) is 0 Å². The molecule has 1 heterocycles. The molecule has 0 radical (unpaired) electrons. The van der Waals surface area contributed by atoms with Crippen molar-refractivity contribution in [2.45, 2.75) is 47.5 Å². The predicted octanol–water partition coefficient (Wildman–Crippen LogP) is 4.52. The van der Waals surface area contributed by atoms with Gasteiger partial charge in [0.1, 0.15) is 11.0 Å². The Bertz CT molecular complexity index is 397. The zero-order valence-corrected chi connectivity index (χ0v) is 14.1. The maximum Gasteiger partial charge on any atom is 0.146 e. The fourth-order valence-electron chi connectivity index (χ4n) is 1.59. The van der Waals surface area contributed by atoms with Crippen molar-refractivity contribution >= 4 is 34.2 Å². The summed E-state index contributed by atoms with van der Waals surface area (Å²) in [5, 5.41) is 0.593. The van der Waals surface area contributed by atoms with Crippen molar-refractivity contribution in [3.05, 3.63) is 20.2 Å². The van der Waals surface area contributed by atoms with Gasteiger partial charge in [-0.3, -0.25) is 0 Å². The van der Waals surface area contributed by atoms with Crippen LogP contribution in [0.1, 0.15) is 46.1 Å². The highest BCUT2D eigenvalue weighted by Gasteiger charge is 2.17. The molecule has 0 N–H and O–H groups in total. The molecule has 0 atom stereocenters. The van der Waals surface area contributed by atoms with E-state index in [0.717, 1.165) is 27.9 Å². The van der Waals surface area contributed by atoms with E-state index in [-0.39, 0.29) is 5.41 Å². The minimum absolute atomic E-state index is 0.186. The van der Waals surface area contributed by atoms with Crippen molar-refractivity contribution in [2.75, 3.05) is 0 Å². The van der Waals surface area contributed by atoms with Crippen LogP contribution in [0.4, 0.5) is 0 Å².